The van der Waals surface area contributed by atoms with Crippen molar-refractivity contribution in [2.75, 3.05) is 26.2 Å². The quantitative estimate of drug-likeness (QED) is 0.567. The summed E-state index contributed by atoms with van der Waals surface area (Å²) >= 11 is 0. The Labute approximate surface area is 135 Å². The highest BCUT2D eigenvalue weighted by Gasteiger charge is 2.20. The zero-order chi connectivity index (χ0) is 16.8. The molecule has 0 bridgehead atoms. The van der Waals surface area contributed by atoms with E-state index < -0.39 is 0 Å². The minimum Gasteiger partial charge on any atom is -0.387 e. The molecule has 0 aromatic carbocycles. The molecule has 1 aliphatic rings. The highest BCUT2D eigenvalue weighted by Crippen LogP contribution is 2.11. The predicted octanol–water partition coefficient (Wildman–Crippen LogP) is 0.963. The number of carbonyl (C=O) groups is 1. The molecule has 0 atom stereocenters. The number of allylic oxidation sites excluding steroid dienone is 1. The van der Waals surface area contributed by atoms with Crippen LogP contribution in [0, 0.1) is 5.41 Å². The number of amides is 1. The van der Waals surface area contributed by atoms with E-state index in [1.165, 1.54) is 0 Å². The summed E-state index contributed by atoms with van der Waals surface area (Å²) in [5.41, 5.74) is 6.77. The van der Waals surface area contributed by atoms with Crippen LogP contribution in [0.25, 0.3) is 6.08 Å². The van der Waals surface area contributed by atoms with Crippen LogP contribution in [0.5, 0.6) is 0 Å². The lowest BCUT2D eigenvalue weighted by Crippen LogP contribution is -2.50. The third-order valence-electron chi connectivity index (χ3n) is 3.64. The van der Waals surface area contributed by atoms with Gasteiger partial charge in [0, 0.05) is 39.2 Å². The number of rotatable bonds is 4. The second kappa shape index (κ2) is 7.57. The molecule has 8 nitrogen and oxygen atoms in total. The standard InChI is InChI=1S/C15H23N7O/c1-3-4-12-9-15(20-19-12)18-13(16)10-14(17)22-7-5-21(6-8-22)11(2)23/h3-4,9,17H,5-8,10H2,1-2H3,(H3,16,18,19,20)/b4-3+,17-14?. The Morgan fingerprint density at radius 1 is 1.43 bits per heavy atom. The van der Waals surface area contributed by atoms with Gasteiger partial charge in [-0.2, -0.15) is 5.10 Å². The fraction of sp³-hybridized carbons (Fsp3) is 0.467. The fourth-order valence-electron chi connectivity index (χ4n) is 2.41. The predicted molar refractivity (Wildman–Crippen MR) is 90.7 cm³/mol. The number of hydrogen-bond acceptors (Lipinski definition) is 4. The van der Waals surface area contributed by atoms with Crippen molar-refractivity contribution in [3.05, 3.63) is 17.8 Å². The number of aromatic amines is 1. The van der Waals surface area contributed by atoms with E-state index in [9.17, 15) is 4.79 Å². The molecule has 1 aromatic heterocycles. The van der Waals surface area contributed by atoms with Gasteiger partial charge in [-0.1, -0.05) is 6.08 Å². The summed E-state index contributed by atoms with van der Waals surface area (Å²) in [6.07, 6.45) is 4.06. The lowest BCUT2D eigenvalue weighted by atomic mass is 10.2. The van der Waals surface area contributed by atoms with Crippen molar-refractivity contribution < 1.29 is 4.79 Å². The van der Waals surface area contributed by atoms with Crippen LogP contribution in [0.4, 0.5) is 5.82 Å². The van der Waals surface area contributed by atoms with Crippen molar-refractivity contribution in [1.29, 1.82) is 5.41 Å². The van der Waals surface area contributed by atoms with E-state index in [-0.39, 0.29) is 12.3 Å². The molecule has 1 amide bonds. The molecule has 1 aromatic rings. The minimum absolute atomic E-state index is 0.0766. The van der Waals surface area contributed by atoms with Gasteiger partial charge in [0.15, 0.2) is 5.82 Å². The molecule has 23 heavy (non-hydrogen) atoms. The Balaban J connectivity index is 1.89. The number of nitrogens with one attached hydrogen (secondary N) is 2. The fourth-order valence-corrected chi connectivity index (χ4v) is 2.41. The lowest BCUT2D eigenvalue weighted by Gasteiger charge is -2.35. The number of hydrogen-bond donors (Lipinski definition) is 3. The van der Waals surface area contributed by atoms with Crippen molar-refractivity contribution in [3.63, 3.8) is 0 Å². The zero-order valence-corrected chi connectivity index (χ0v) is 13.5. The maximum absolute atomic E-state index is 11.3. The van der Waals surface area contributed by atoms with Gasteiger partial charge >= 0.3 is 0 Å². The first-order valence-corrected chi connectivity index (χ1v) is 7.58. The van der Waals surface area contributed by atoms with E-state index in [1.54, 1.807) is 17.9 Å². The first-order valence-electron chi connectivity index (χ1n) is 7.58. The number of aromatic nitrogens is 2. The molecule has 4 N–H and O–H groups in total. The number of carbonyl (C=O) groups excluding carboxylic acids is 1. The maximum Gasteiger partial charge on any atom is 0.219 e. The topological polar surface area (TPSA) is 114 Å². The summed E-state index contributed by atoms with van der Waals surface area (Å²) < 4.78 is 0. The van der Waals surface area contributed by atoms with E-state index in [1.807, 2.05) is 24.0 Å². The summed E-state index contributed by atoms with van der Waals surface area (Å²) in [7, 11) is 0. The average Bonchev–Trinajstić information content (AvgIpc) is 2.94. The van der Waals surface area contributed by atoms with Crippen molar-refractivity contribution >= 4 is 29.5 Å². The molecular weight excluding hydrogens is 294 g/mol. The van der Waals surface area contributed by atoms with E-state index in [2.05, 4.69) is 15.2 Å². The highest BCUT2D eigenvalue weighted by molar-refractivity contribution is 6.01. The van der Waals surface area contributed by atoms with Crippen LogP contribution < -0.4 is 5.73 Å². The van der Waals surface area contributed by atoms with E-state index >= 15 is 0 Å². The van der Waals surface area contributed by atoms with Crippen LogP contribution in [-0.4, -0.2) is 63.8 Å². The average molecular weight is 317 g/mol. The number of H-pyrrole nitrogens is 1. The number of piperazine rings is 1. The molecule has 1 saturated heterocycles. The maximum atomic E-state index is 11.3. The van der Waals surface area contributed by atoms with Gasteiger partial charge in [0.2, 0.25) is 5.91 Å². The van der Waals surface area contributed by atoms with Crippen LogP contribution in [-0.2, 0) is 4.79 Å². The van der Waals surface area contributed by atoms with Crippen LogP contribution >= 0.6 is 0 Å². The van der Waals surface area contributed by atoms with Gasteiger partial charge < -0.3 is 15.5 Å². The first kappa shape index (κ1) is 16.7. The summed E-state index contributed by atoms with van der Waals surface area (Å²) in [6.45, 7) is 6.07. The molecular formula is C15H23N7O. The molecule has 0 spiro atoms. The molecule has 2 heterocycles. The second-order valence-electron chi connectivity index (χ2n) is 5.40. The molecule has 0 aliphatic carbocycles. The van der Waals surface area contributed by atoms with E-state index in [0.29, 0.717) is 43.7 Å². The highest BCUT2D eigenvalue weighted by atomic mass is 16.2. The Hall–Kier alpha value is -2.64. The van der Waals surface area contributed by atoms with Crippen LogP contribution in [0.1, 0.15) is 26.0 Å². The SMILES string of the molecule is C/C=C/c1cc(N=C(N)CC(=N)N2CCN(C(C)=O)CC2)n[nH]1. The van der Waals surface area contributed by atoms with Gasteiger partial charge in [-0.3, -0.25) is 15.3 Å². The summed E-state index contributed by atoms with van der Waals surface area (Å²) in [4.78, 5) is 19.2. The number of nitrogens with zero attached hydrogens (tertiary/aromatic N) is 4. The van der Waals surface area contributed by atoms with E-state index in [0.717, 1.165) is 5.69 Å². The molecule has 1 aliphatic heterocycles. The number of nitrogens with two attached hydrogens (primary N) is 1. The molecule has 8 heteroatoms. The van der Waals surface area contributed by atoms with Crippen molar-refractivity contribution in [2.24, 2.45) is 10.7 Å². The third kappa shape index (κ3) is 4.67. The van der Waals surface area contributed by atoms with Gasteiger partial charge in [-0.05, 0) is 13.0 Å². The third-order valence-corrected chi connectivity index (χ3v) is 3.64. The number of aliphatic imine (C=N–C) groups is 1. The lowest BCUT2D eigenvalue weighted by molar-refractivity contribution is -0.130. The normalized spacial score (nSPS) is 16.2. The Kier molecular flexibility index (Phi) is 5.51. The molecule has 0 saturated carbocycles. The van der Waals surface area contributed by atoms with E-state index in [4.69, 9.17) is 11.1 Å². The zero-order valence-electron chi connectivity index (χ0n) is 13.5. The van der Waals surface area contributed by atoms with Crippen molar-refractivity contribution in [3.8, 4) is 0 Å². The summed E-state index contributed by atoms with van der Waals surface area (Å²) in [6, 6.07) is 1.79. The Morgan fingerprint density at radius 3 is 2.70 bits per heavy atom. The molecule has 124 valence electrons. The van der Waals surface area contributed by atoms with Crippen molar-refractivity contribution in [1.82, 2.24) is 20.0 Å². The first-order chi connectivity index (χ1) is 11.0. The van der Waals surface area contributed by atoms with Gasteiger partial charge in [0.25, 0.3) is 0 Å². The Morgan fingerprint density at radius 2 is 2.09 bits per heavy atom. The number of amidine groups is 2. The largest absolute Gasteiger partial charge is 0.387 e. The van der Waals surface area contributed by atoms with Crippen LogP contribution in [0.15, 0.2) is 17.1 Å². The second-order valence-corrected chi connectivity index (χ2v) is 5.40. The molecule has 2 rings (SSSR count). The van der Waals surface area contributed by atoms with Gasteiger partial charge in [-0.25, -0.2) is 4.99 Å². The van der Waals surface area contributed by atoms with Crippen LogP contribution in [0.3, 0.4) is 0 Å². The smallest absolute Gasteiger partial charge is 0.219 e. The van der Waals surface area contributed by atoms with Crippen LogP contribution in [0.2, 0.25) is 0 Å². The Bertz CT molecular complexity index is 624. The van der Waals surface area contributed by atoms with Gasteiger partial charge in [0.05, 0.1) is 12.1 Å². The monoisotopic (exact) mass is 317 g/mol. The minimum atomic E-state index is 0.0766. The van der Waals surface area contributed by atoms with Crippen molar-refractivity contribution in [2.45, 2.75) is 20.3 Å². The molecule has 0 unspecified atom stereocenters. The molecule has 1 fully saturated rings. The van der Waals surface area contributed by atoms with Gasteiger partial charge in [-0.15, -0.1) is 0 Å². The molecule has 0 radical (unpaired) electrons. The summed E-state index contributed by atoms with van der Waals surface area (Å²) in [5.74, 6) is 1.35. The summed E-state index contributed by atoms with van der Waals surface area (Å²) in [5, 5.41) is 15.0. The van der Waals surface area contributed by atoms with Gasteiger partial charge in [0.1, 0.15) is 11.7 Å².